The van der Waals surface area contributed by atoms with Crippen molar-refractivity contribution in [1.29, 1.82) is 0 Å². The summed E-state index contributed by atoms with van der Waals surface area (Å²) < 4.78 is 5.70. The molecule has 1 amide bonds. The summed E-state index contributed by atoms with van der Waals surface area (Å²) in [6.07, 6.45) is 5.97. The fraction of sp³-hybridized carbons (Fsp3) is 0.400. The Morgan fingerprint density at radius 2 is 2.00 bits per heavy atom. The third-order valence-corrected chi connectivity index (χ3v) is 4.77. The third kappa shape index (κ3) is 4.20. The lowest BCUT2D eigenvalue weighted by Crippen LogP contribution is -2.48. The van der Waals surface area contributed by atoms with Crippen LogP contribution in [0.25, 0.3) is 0 Å². The van der Waals surface area contributed by atoms with Gasteiger partial charge in [-0.1, -0.05) is 36.4 Å². The van der Waals surface area contributed by atoms with E-state index in [1.165, 1.54) is 5.56 Å². The quantitative estimate of drug-likeness (QED) is 0.849. The maximum Gasteiger partial charge on any atom is 0.227 e. The summed E-state index contributed by atoms with van der Waals surface area (Å²) in [7, 11) is 1.75. The van der Waals surface area contributed by atoms with Gasteiger partial charge in [0.2, 0.25) is 5.91 Å². The lowest BCUT2D eigenvalue weighted by atomic mass is 9.87. The summed E-state index contributed by atoms with van der Waals surface area (Å²) in [6, 6.07) is 14.3. The van der Waals surface area contributed by atoms with Crippen LogP contribution in [0, 0.1) is 5.92 Å². The summed E-state index contributed by atoms with van der Waals surface area (Å²) in [6.45, 7) is 1.48. The second kappa shape index (κ2) is 8.06. The predicted molar refractivity (Wildman–Crippen MR) is 93.6 cm³/mol. The van der Waals surface area contributed by atoms with Crippen molar-refractivity contribution in [2.24, 2.45) is 5.92 Å². The monoisotopic (exact) mass is 324 g/mol. The zero-order valence-corrected chi connectivity index (χ0v) is 14.1. The smallest absolute Gasteiger partial charge is 0.227 e. The van der Waals surface area contributed by atoms with Crippen molar-refractivity contribution in [3.63, 3.8) is 0 Å². The Kier molecular flexibility index (Phi) is 5.59. The zero-order chi connectivity index (χ0) is 16.8. The minimum Gasteiger partial charge on any atom is -0.379 e. The highest BCUT2D eigenvalue weighted by molar-refractivity contribution is 5.78. The second-order valence-corrected chi connectivity index (χ2v) is 6.39. The summed E-state index contributed by atoms with van der Waals surface area (Å²) in [5.41, 5.74) is 2.29. The molecule has 0 aliphatic carbocycles. The van der Waals surface area contributed by atoms with Crippen LogP contribution in [0.1, 0.15) is 17.5 Å². The van der Waals surface area contributed by atoms with Crippen LogP contribution in [0.15, 0.2) is 54.9 Å². The molecule has 2 heterocycles. The van der Waals surface area contributed by atoms with Crippen molar-refractivity contribution in [3.8, 4) is 0 Å². The number of likely N-dealkylation sites (tertiary alicyclic amines) is 1. The minimum atomic E-state index is 0.0943. The molecular formula is C20H24N2O2. The Hall–Kier alpha value is -2.20. The number of rotatable bonds is 5. The van der Waals surface area contributed by atoms with Crippen molar-refractivity contribution >= 4 is 5.91 Å². The molecular weight excluding hydrogens is 300 g/mol. The van der Waals surface area contributed by atoms with E-state index in [0.29, 0.717) is 18.9 Å². The molecule has 0 radical (unpaired) electrons. The average molecular weight is 324 g/mol. The zero-order valence-electron chi connectivity index (χ0n) is 14.1. The molecule has 0 unspecified atom stereocenters. The van der Waals surface area contributed by atoms with Gasteiger partial charge in [0.25, 0.3) is 0 Å². The number of carbonyl (C=O) groups excluding carboxylic acids is 1. The van der Waals surface area contributed by atoms with Gasteiger partial charge in [0.15, 0.2) is 0 Å². The number of hydrogen-bond donors (Lipinski definition) is 0. The Labute approximate surface area is 143 Å². The molecule has 3 rings (SSSR count). The van der Waals surface area contributed by atoms with Crippen molar-refractivity contribution in [1.82, 2.24) is 9.88 Å². The Morgan fingerprint density at radius 3 is 2.71 bits per heavy atom. The maximum atomic E-state index is 12.5. The van der Waals surface area contributed by atoms with E-state index in [9.17, 15) is 4.79 Å². The molecule has 1 aromatic carbocycles. The molecule has 2 atom stereocenters. The maximum absolute atomic E-state index is 12.5. The van der Waals surface area contributed by atoms with E-state index >= 15 is 0 Å². The molecule has 0 saturated carbocycles. The van der Waals surface area contributed by atoms with Crippen LogP contribution in [0.4, 0.5) is 0 Å². The molecule has 2 aromatic rings. The number of benzene rings is 1. The van der Waals surface area contributed by atoms with Gasteiger partial charge in [-0.3, -0.25) is 9.78 Å². The fourth-order valence-corrected chi connectivity index (χ4v) is 3.40. The number of nitrogens with zero attached hydrogens (tertiary/aromatic N) is 2. The number of piperidine rings is 1. The van der Waals surface area contributed by atoms with E-state index in [1.807, 2.05) is 23.1 Å². The molecule has 4 nitrogen and oxygen atoms in total. The number of amides is 1. The molecule has 1 aromatic heterocycles. The van der Waals surface area contributed by atoms with E-state index in [4.69, 9.17) is 4.74 Å². The average Bonchev–Trinajstić information content (AvgIpc) is 2.63. The molecule has 1 aliphatic heterocycles. The first-order valence-corrected chi connectivity index (χ1v) is 8.49. The van der Waals surface area contributed by atoms with Crippen LogP contribution in [-0.4, -0.2) is 42.1 Å². The van der Waals surface area contributed by atoms with Crippen molar-refractivity contribution in [2.75, 3.05) is 20.2 Å². The van der Waals surface area contributed by atoms with Gasteiger partial charge in [-0.15, -0.1) is 0 Å². The van der Waals surface area contributed by atoms with E-state index in [2.05, 4.69) is 29.2 Å². The first kappa shape index (κ1) is 16.7. The summed E-state index contributed by atoms with van der Waals surface area (Å²) in [4.78, 5) is 18.5. The van der Waals surface area contributed by atoms with E-state index in [1.54, 1.807) is 19.5 Å². The lowest BCUT2D eigenvalue weighted by molar-refractivity contribution is -0.135. The van der Waals surface area contributed by atoms with Crippen LogP contribution in [-0.2, 0) is 22.4 Å². The van der Waals surface area contributed by atoms with Gasteiger partial charge in [-0.25, -0.2) is 0 Å². The predicted octanol–water partition coefficient (Wildman–Crippen LogP) is 2.73. The van der Waals surface area contributed by atoms with Gasteiger partial charge in [0, 0.05) is 32.6 Å². The summed E-state index contributed by atoms with van der Waals surface area (Å²) in [5, 5.41) is 0. The number of ether oxygens (including phenoxy) is 1. The first-order valence-electron chi connectivity index (χ1n) is 8.49. The van der Waals surface area contributed by atoms with Gasteiger partial charge in [-0.05, 0) is 36.0 Å². The highest BCUT2D eigenvalue weighted by atomic mass is 16.5. The van der Waals surface area contributed by atoms with Crippen LogP contribution in [0.3, 0.4) is 0 Å². The lowest BCUT2D eigenvalue weighted by Gasteiger charge is -2.38. The number of carbonyl (C=O) groups is 1. The van der Waals surface area contributed by atoms with Crippen LogP contribution in [0.5, 0.6) is 0 Å². The number of pyridine rings is 1. The summed E-state index contributed by atoms with van der Waals surface area (Å²) >= 11 is 0. The molecule has 24 heavy (non-hydrogen) atoms. The molecule has 0 bridgehead atoms. The van der Waals surface area contributed by atoms with Gasteiger partial charge in [0.05, 0.1) is 12.5 Å². The van der Waals surface area contributed by atoms with Crippen molar-refractivity contribution in [3.05, 3.63) is 66.0 Å². The van der Waals surface area contributed by atoms with Gasteiger partial charge in [0.1, 0.15) is 0 Å². The fourth-order valence-electron chi connectivity index (χ4n) is 3.40. The highest BCUT2D eigenvalue weighted by Crippen LogP contribution is 2.24. The molecule has 1 saturated heterocycles. The molecule has 0 spiro atoms. The van der Waals surface area contributed by atoms with Crippen molar-refractivity contribution in [2.45, 2.75) is 25.4 Å². The Balaban J connectivity index is 1.59. The van der Waals surface area contributed by atoms with Crippen LogP contribution >= 0.6 is 0 Å². The van der Waals surface area contributed by atoms with E-state index in [0.717, 1.165) is 24.9 Å². The van der Waals surface area contributed by atoms with E-state index < -0.39 is 0 Å². The molecule has 1 fully saturated rings. The first-order chi connectivity index (χ1) is 11.8. The largest absolute Gasteiger partial charge is 0.379 e. The normalized spacial score (nSPS) is 20.8. The molecule has 0 N–H and O–H groups in total. The van der Waals surface area contributed by atoms with Crippen LogP contribution < -0.4 is 0 Å². The van der Waals surface area contributed by atoms with Gasteiger partial charge >= 0.3 is 0 Å². The van der Waals surface area contributed by atoms with Gasteiger partial charge < -0.3 is 9.64 Å². The SMILES string of the molecule is CO[C@@H]1CN(C(=O)Cc2cccnc2)CC[C@@H]1Cc1ccccc1. The minimum absolute atomic E-state index is 0.0943. The third-order valence-electron chi connectivity index (χ3n) is 4.77. The molecule has 4 heteroatoms. The number of aromatic nitrogens is 1. The standard InChI is InChI=1S/C20H24N2O2/c1-24-19-15-22(20(23)13-17-8-5-10-21-14-17)11-9-18(19)12-16-6-3-2-4-7-16/h2-8,10,14,18-19H,9,11-13,15H2,1H3/t18-,19-/m1/s1. The Bertz CT molecular complexity index is 645. The number of hydrogen-bond acceptors (Lipinski definition) is 3. The highest BCUT2D eigenvalue weighted by Gasteiger charge is 2.31. The summed E-state index contributed by atoms with van der Waals surface area (Å²) in [5.74, 6) is 0.614. The topological polar surface area (TPSA) is 42.4 Å². The van der Waals surface area contributed by atoms with Gasteiger partial charge in [-0.2, -0.15) is 0 Å². The molecule has 126 valence electrons. The number of methoxy groups -OCH3 is 1. The molecule has 1 aliphatic rings. The van der Waals surface area contributed by atoms with E-state index in [-0.39, 0.29) is 12.0 Å². The van der Waals surface area contributed by atoms with Crippen molar-refractivity contribution < 1.29 is 9.53 Å². The Morgan fingerprint density at radius 1 is 1.21 bits per heavy atom. The second-order valence-electron chi connectivity index (χ2n) is 6.39. The van der Waals surface area contributed by atoms with Crippen LogP contribution in [0.2, 0.25) is 0 Å².